The number of aromatic nitrogens is 1. The fraction of sp³-hybridized carbons (Fsp3) is 0.667. The Bertz CT molecular complexity index is 379. The van der Waals surface area contributed by atoms with Gasteiger partial charge in [0.2, 0.25) is 0 Å². The first kappa shape index (κ1) is 15.4. The average molecular weight is 278 g/mol. The van der Waals surface area contributed by atoms with Gasteiger partial charge >= 0.3 is 0 Å². The van der Waals surface area contributed by atoms with Crippen LogP contribution in [0.2, 0.25) is 0 Å². The molecule has 1 saturated heterocycles. The molecule has 1 unspecified atom stereocenters. The Morgan fingerprint density at radius 1 is 1.25 bits per heavy atom. The first-order chi connectivity index (χ1) is 9.63. The van der Waals surface area contributed by atoms with Crippen molar-refractivity contribution >= 4 is 0 Å². The maximum atomic E-state index is 10.2. The molecule has 1 aliphatic rings. The predicted molar refractivity (Wildman–Crippen MR) is 80.5 cm³/mol. The Balaban J connectivity index is 1.69. The van der Waals surface area contributed by atoms with E-state index in [1.165, 1.54) is 5.56 Å². The number of β-amino-alcohol motifs (C(OH)–C–C–N with tert-alkyl or cyclic N) is 1. The molecule has 0 saturated carbocycles. The molecule has 0 radical (unpaired) electrons. The number of hydrogen-bond acceptors (Lipinski definition) is 5. The highest BCUT2D eigenvalue weighted by molar-refractivity contribution is 5.09. The molecule has 1 aromatic rings. The van der Waals surface area contributed by atoms with Crippen LogP contribution in [0.5, 0.6) is 0 Å². The zero-order chi connectivity index (χ0) is 14.4. The van der Waals surface area contributed by atoms with Crippen LogP contribution in [0.4, 0.5) is 0 Å². The van der Waals surface area contributed by atoms with Gasteiger partial charge in [0, 0.05) is 58.2 Å². The van der Waals surface area contributed by atoms with E-state index >= 15 is 0 Å². The first-order valence-electron chi connectivity index (χ1n) is 7.30. The summed E-state index contributed by atoms with van der Waals surface area (Å²) >= 11 is 0. The Morgan fingerprint density at radius 2 is 1.90 bits per heavy atom. The number of aliphatic hydroxyl groups is 1. The van der Waals surface area contributed by atoms with Crippen LogP contribution < -0.4 is 0 Å². The third-order valence-corrected chi connectivity index (χ3v) is 3.79. The van der Waals surface area contributed by atoms with E-state index in [0.29, 0.717) is 6.54 Å². The molecule has 2 rings (SSSR count). The van der Waals surface area contributed by atoms with Crippen LogP contribution in [-0.4, -0.2) is 84.3 Å². The fourth-order valence-corrected chi connectivity index (χ4v) is 2.61. The van der Waals surface area contributed by atoms with Crippen LogP contribution in [0.3, 0.4) is 0 Å². The number of aliphatic hydroxyl groups excluding tert-OH is 1. The monoisotopic (exact) mass is 278 g/mol. The molecule has 0 amide bonds. The second-order valence-electron chi connectivity index (χ2n) is 5.81. The molecule has 1 N–H and O–H groups in total. The Labute approximate surface area is 121 Å². The highest BCUT2D eigenvalue weighted by Gasteiger charge is 2.17. The summed E-state index contributed by atoms with van der Waals surface area (Å²) in [5.41, 5.74) is 1.23. The number of nitrogens with zero attached hydrogens (tertiary/aromatic N) is 4. The molecule has 0 aliphatic carbocycles. The van der Waals surface area contributed by atoms with Gasteiger partial charge < -0.3 is 10.0 Å². The van der Waals surface area contributed by atoms with Gasteiger partial charge in [0.25, 0.3) is 0 Å². The van der Waals surface area contributed by atoms with E-state index in [-0.39, 0.29) is 6.10 Å². The normalized spacial score (nSPS) is 19.4. The van der Waals surface area contributed by atoms with E-state index in [4.69, 9.17) is 0 Å². The van der Waals surface area contributed by atoms with Crippen molar-refractivity contribution < 1.29 is 5.11 Å². The summed E-state index contributed by atoms with van der Waals surface area (Å²) in [4.78, 5) is 10.9. The SMILES string of the molecule is CN1CCN(CC(O)CN(C)Cc2ccncc2)CC1. The molecule has 0 spiro atoms. The molecule has 1 aliphatic heterocycles. The summed E-state index contributed by atoms with van der Waals surface area (Å²) in [6.07, 6.45) is 3.33. The van der Waals surface area contributed by atoms with Gasteiger partial charge in [-0.15, -0.1) is 0 Å². The Kier molecular flexibility index (Phi) is 5.91. The molecular formula is C15H26N4O. The number of pyridine rings is 1. The van der Waals surface area contributed by atoms with Crippen LogP contribution in [0.25, 0.3) is 0 Å². The lowest BCUT2D eigenvalue weighted by molar-refractivity contribution is 0.0594. The number of piperazine rings is 1. The molecule has 1 aromatic heterocycles. The second kappa shape index (κ2) is 7.69. The summed E-state index contributed by atoms with van der Waals surface area (Å²) < 4.78 is 0. The smallest absolute Gasteiger partial charge is 0.0793 e. The third-order valence-electron chi connectivity index (χ3n) is 3.79. The van der Waals surface area contributed by atoms with Gasteiger partial charge in [0.05, 0.1) is 6.10 Å². The van der Waals surface area contributed by atoms with E-state index in [9.17, 15) is 5.11 Å². The van der Waals surface area contributed by atoms with Crippen LogP contribution in [0, 0.1) is 0 Å². The standard InChI is InChI=1S/C15H26N4O/c1-17-7-9-19(10-8-17)13-15(20)12-18(2)11-14-3-5-16-6-4-14/h3-6,15,20H,7-13H2,1-2H3. The molecule has 1 fully saturated rings. The highest BCUT2D eigenvalue weighted by atomic mass is 16.3. The van der Waals surface area contributed by atoms with Crippen molar-refractivity contribution in [2.45, 2.75) is 12.6 Å². The lowest BCUT2D eigenvalue weighted by Crippen LogP contribution is -2.48. The van der Waals surface area contributed by atoms with Crippen molar-refractivity contribution in [2.24, 2.45) is 0 Å². The van der Waals surface area contributed by atoms with Gasteiger partial charge in [-0.25, -0.2) is 0 Å². The molecule has 112 valence electrons. The minimum atomic E-state index is -0.287. The molecule has 5 nitrogen and oxygen atoms in total. The topological polar surface area (TPSA) is 42.8 Å². The van der Waals surface area contributed by atoms with Crippen LogP contribution >= 0.6 is 0 Å². The summed E-state index contributed by atoms with van der Waals surface area (Å²) in [5, 5.41) is 10.2. The summed E-state index contributed by atoms with van der Waals surface area (Å²) in [7, 11) is 4.20. The van der Waals surface area contributed by atoms with E-state index in [1.807, 2.05) is 31.6 Å². The summed E-state index contributed by atoms with van der Waals surface area (Å²) in [5.74, 6) is 0. The van der Waals surface area contributed by atoms with Crippen LogP contribution in [0.15, 0.2) is 24.5 Å². The van der Waals surface area contributed by atoms with E-state index in [2.05, 4.69) is 26.7 Å². The van der Waals surface area contributed by atoms with E-state index in [1.54, 1.807) is 0 Å². The van der Waals surface area contributed by atoms with Gasteiger partial charge in [-0.1, -0.05) is 0 Å². The van der Waals surface area contributed by atoms with Crippen molar-refractivity contribution in [2.75, 3.05) is 53.4 Å². The molecule has 2 heterocycles. The summed E-state index contributed by atoms with van der Waals surface area (Å²) in [6, 6.07) is 4.03. The molecule has 0 bridgehead atoms. The zero-order valence-corrected chi connectivity index (χ0v) is 12.6. The van der Waals surface area contributed by atoms with Crippen molar-refractivity contribution in [1.29, 1.82) is 0 Å². The van der Waals surface area contributed by atoms with Gasteiger partial charge in [0.1, 0.15) is 0 Å². The maximum Gasteiger partial charge on any atom is 0.0793 e. The number of rotatable bonds is 6. The maximum absolute atomic E-state index is 10.2. The quantitative estimate of drug-likeness (QED) is 0.801. The largest absolute Gasteiger partial charge is 0.390 e. The highest BCUT2D eigenvalue weighted by Crippen LogP contribution is 2.04. The van der Waals surface area contributed by atoms with E-state index in [0.717, 1.165) is 39.3 Å². The first-order valence-corrected chi connectivity index (χ1v) is 7.30. The van der Waals surface area contributed by atoms with Crippen molar-refractivity contribution in [3.8, 4) is 0 Å². The van der Waals surface area contributed by atoms with Gasteiger partial charge in [-0.3, -0.25) is 14.8 Å². The van der Waals surface area contributed by atoms with Gasteiger partial charge in [0.15, 0.2) is 0 Å². The van der Waals surface area contributed by atoms with Crippen molar-refractivity contribution in [3.63, 3.8) is 0 Å². The number of likely N-dealkylation sites (N-methyl/N-ethyl adjacent to an activating group) is 2. The van der Waals surface area contributed by atoms with Gasteiger partial charge in [-0.2, -0.15) is 0 Å². The zero-order valence-electron chi connectivity index (χ0n) is 12.6. The van der Waals surface area contributed by atoms with Gasteiger partial charge in [-0.05, 0) is 31.8 Å². The van der Waals surface area contributed by atoms with Crippen molar-refractivity contribution in [1.82, 2.24) is 19.7 Å². The molecule has 0 aromatic carbocycles. The third kappa shape index (κ3) is 5.17. The molecule has 5 heteroatoms. The molecule has 20 heavy (non-hydrogen) atoms. The molecular weight excluding hydrogens is 252 g/mol. The minimum Gasteiger partial charge on any atom is -0.390 e. The lowest BCUT2D eigenvalue weighted by atomic mass is 10.2. The lowest BCUT2D eigenvalue weighted by Gasteiger charge is -2.34. The molecule has 1 atom stereocenters. The Hall–Kier alpha value is -1.01. The van der Waals surface area contributed by atoms with E-state index < -0.39 is 0 Å². The second-order valence-corrected chi connectivity index (χ2v) is 5.81. The van der Waals surface area contributed by atoms with Crippen molar-refractivity contribution in [3.05, 3.63) is 30.1 Å². The average Bonchev–Trinajstić information content (AvgIpc) is 2.42. The van der Waals surface area contributed by atoms with Crippen LogP contribution in [0.1, 0.15) is 5.56 Å². The van der Waals surface area contributed by atoms with Crippen LogP contribution in [-0.2, 0) is 6.54 Å². The fourth-order valence-electron chi connectivity index (χ4n) is 2.61. The minimum absolute atomic E-state index is 0.287. The number of hydrogen-bond donors (Lipinski definition) is 1. The predicted octanol–water partition coefficient (Wildman–Crippen LogP) is 0.122. The Morgan fingerprint density at radius 3 is 2.55 bits per heavy atom. The summed E-state index contributed by atoms with van der Waals surface area (Å²) in [6.45, 7) is 6.63.